The number of nitrogens with one attached hydrogen (secondary N) is 1. The predicted octanol–water partition coefficient (Wildman–Crippen LogP) is 4.66. The Labute approximate surface area is 134 Å². The zero-order chi connectivity index (χ0) is 14.9. The molecule has 1 N–H and O–H groups in total. The van der Waals surface area contributed by atoms with Gasteiger partial charge in [0.2, 0.25) is 0 Å². The van der Waals surface area contributed by atoms with E-state index >= 15 is 0 Å². The van der Waals surface area contributed by atoms with Crippen molar-refractivity contribution in [2.45, 2.75) is 0 Å². The molecule has 1 aromatic heterocycles. The van der Waals surface area contributed by atoms with E-state index in [2.05, 4.69) is 65.6 Å². The van der Waals surface area contributed by atoms with Gasteiger partial charge in [-0.2, -0.15) is 0 Å². The van der Waals surface area contributed by atoms with Crippen molar-refractivity contribution in [1.82, 2.24) is 4.98 Å². The monoisotopic (exact) mass is 353 g/mol. The van der Waals surface area contributed by atoms with Crippen molar-refractivity contribution >= 4 is 44.8 Å². The normalized spacial score (nSPS) is 11.0. The zero-order valence-electron chi connectivity index (χ0n) is 12.2. The third-order valence-corrected chi connectivity index (χ3v) is 6.16. The average Bonchev–Trinajstić information content (AvgIpc) is 2.55. The number of fused-ring (bicyclic) bond motifs is 4. The summed E-state index contributed by atoms with van der Waals surface area (Å²) in [5.41, 5.74) is 2.35. The minimum atomic E-state index is 0.237. The van der Waals surface area contributed by atoms with E-state index in [-0.39, 0.29) is 14.5 Å². The maximum atomic E-state index is 5.42. The van der Waals surface area contributed by atoms with Crippen LogP contribution in [-0.2, 0) is 0 Å². The van der Waals surface area contributed by atoms with E-state index in [1.807, 2.05) is 6.07 Å². The van der Waals surface area contributed by atoms with Gasteiger partial charge in [0.15, 0.2) is 0 Å². The molecule has 22 heavy (non-hydrogen) atoms. The van der Waals surface area contributed by atoms with Crippen LogP contribution in [0, 0.1) is 0 Å². The van der Waals surface area contributed by atoms with Crippen LogP contribution >= 0.6 is 0 Å². The molecule has 0 fully saturated rings. The first-order valence-electron chi connectivity index (χ1n) is 7.16. The summed E-state index contributed by atoms with van der Waals surface area (Å²) in [5, 5.41) is 2.54. The Morgan fingerprint density at radius 3 is 2.41 bits per heavy atom. The number of para-hydroxylation sites is 2. The Kier molecular flexibility index (Phi) is 3.38. The van der Waals surface area contributed by atoms with E-state index in [0.29, 0.717) is 0 Å². The maximum absolute atomic E-state index is 5.42. The molecule has 0 aliphatic heterocycles. The van der Waals surface area contributed by atoms with Gasteiger partial charge in [-0.1, -0.05) is 0 Å². The van der Waals surface area contributed by atoms with Gasteiger partial charge in [-0.15, -0.1) is 0 Å². The van der Waals surface area contributed by atoms with Gasteiger partial charge in [0.25, 0.3) is 0 Å². The number of methoxy groups -OCH3 is 1. The van der Waals surface area contributed by atoms with Gasteiger partial charge < -0.3 is 0 Å². The number of aromatic amines is 1. The molecule has 3 heteroatoms. The summed E-state index contributed by atoms with van der Waals surface area (Å²) >= 11 is 0.237. The Morgan fingerprint density at radius 1 is 0.773 bits per heavy atom. The van der Waals surface area contributed by atoms with Gasteiger partial charge >= 0.3 is 134 Å². The first-order chi connectivity index (χ1) is 10.8. The predicted molar refractivity (Wildman–Crippen MR) is 94.4 cm³/mol. The Balaban J connectivity index is 2.30. The molecule has 0 radical (unpaired) electrons. The molecule has 0 aliphatic carbocycles. The first kappa shape index (κ1) is 13.4. The van der Waals surface area contributed by atoms with Gasteiger partial charge in [-0.05, 0) is 0 Å². The third-order valence-electron chi connectivity index (χ3n) is 3.78. The minimum absolute atomic E-state index is 0.237. The Hall–Kier alpha value is -2.22. The van der Waals surface area contributed by atoms with Gasteiger partial charge in [-0.3, -0.25) is 0 Å². The zero-order valence-corrected chi connectivity index (χ0v) is 13.9. The van der Waals surface area contributed by atoms with Crippen molar-refractivity contribution < 1.29 is 4.74 Å². The van der Waals surface area contributed by atoms with Crippen LogP contribution in [0.2, 0.25) is 0 Å². The van der Waals surface area contributed by atoms with Crippen molar-refractivity contribution in [1.29, 1.82) is 0 Å². The Morgan fingerprint density at radius 2 is 1.55 bits per heavy atom. The molecule has 3 aromatic carbocycles. The van der Waals surface area contributed by atoms with Crippen LogP contribution in [0.3, 0.4) is 0 Å². The second-order valence-corrected chi connectivity index (χ2v) is 7.40. The second-order valence-electron chi connectivity index (χ2n) is 5.13. The summed E-state index contributed by atoms with van der Waals surface area (Å²) in [4.78, 5) is 3.60. The molecule has 0 saturated heterocycles. The van der Waals surface area contributed by atoms with Crippen molar-refractivity contribution in [3.8, 4) is 5.75 Å². The molecule has 0 bridgehead atoms. The molecule has 108 valence electrons. The van der Waals surface area contributed by atoms with Gasteiger partial charge in [-0.25, -0.2) is 0 Å². The van der Waals surface area contributed by atoms with E-state index in [4.69, 9.17) is 4.74 Å². The van der Waals surface area contributed by atoms with Crippen LogP contribution in [0.25, 0.3) is 30.3 Å². The molecule has 2 nitrogen and oxygen atoms in total. The SMILES string of the molecule is COc1ccc2c(c1)[se]c1ccccc1[nH]c1ccccc12. The first-order valence-corrected chi connectivity index (χ1v) is 8.88. The fourth-order valence-corrected chi connectivity index (χ4v) is 4.94. The number of H-pyrrole nitrogens is 1. The molecular formula is C19H15NOSe. The van der Waals surface area contributed by atoms with Crippen LogP contribution in [-0.4, -0.2) is 26.6 Å². The number of hydrogen-bond acceptors (Lipinski definition) is 1. The standard InChI is InChI=1S/C19H15NOSe/c1-21-13-10-11-15-14-6-2-3-7-16(14)20-17-8-4-5-9-18(17)22-19(15)12-13/h2-12,20H,1H3. The molecule has 1 heterocycles. The molecule has 0 aliphatic rings. The molecule has 0 saturated carbocycles. The van der Waals surface area contributed by atoms with E-state index in [1.54, 1.807) is 7.11 Å². The molecule has 4 aromatic rings. The molecule has 4 rings (SSSR count). The van der Waals surface area contributed by atoms with Crippen LogP contribution in [0.5, 0.6) is 5.75 Å². The topological polar surface area (TPSA) is 25.0 Å². The van der Waals surface area contributed by atoms with Crippen LogP contribution in [0.15, 0.2) is 66.7 Å². The van der Waals surface area contributed by atoms with E-state index in [1.165, 1.54) is 24.8 Å². The quantitative estimate of drug-likeness (QED) is 0.495. The van der Waals surface area contributed by atoms with Crippen molar-refractivity contribution in [3.05, 3.63) is 66.7 Å². The van der Waals surface area contributed by atoms with E-state index < -0.39 is 0 Å². The third kappa shape index (κ3) is 2.29. The van der Waals surface area contributed by atoms with Gasteiger partial charge in [0.05, 0.1) is 0 Å². The van der Waals surface area contributed by atoms with Crippen molar-refractivity contribution in [2.75, 3.05) is 7.11 Å². The molecule has 0 amide bonds. The summed E-state index contributed by atoms with van der Waals surface area (Å²) in [5.74, 6) is 0.920. The molecule has 0 spiro atoms. The van der Waals surface area contributed by atoms with Crippen LogP contribution in [0.1, 0.15) is 0 Å². The summed E-state index contributed by atoms with van der Waals surface area (Å²) in [6, 6.07) is 23.4. The van der Waals surface area contributed by atoms with Crippen LogP contribution in [0.4, 0.5) is 0 Å². The molecular weight excluding hydrogens is 337 g/mol. The van der Waals surface area contributed by atoms with Crippen molar-refractivity contribution in [3.63, 3.8) is 0 Å². The van der Waals surface area contributed by atoms with Crippen LogP contribution < -0.4 is 4.74 Å². The fraction of sp³-hybridized carbons (Fsp3) is 0.0526. The van der Waals surface area contributed by atoms with E-state index in [9.17, 15) is 0 Å². The van der Waals surface area contributed by atoms with Crippen molar-refractivity contribution in [2.24, 2.45) is 0 Å². The van der Waals surface area contributed by atoms with Gasteiger partial charge in [0, 0.05) is 0 Å². The van der Waals surface area contributed by atoms with E-state index in [0.717, 1.165) is 11.3 Å². The number of rotatable bonds is 1. The second kappa shape index (κ2) is 5.52. The average molecular weight is 352 g/mol. The number of aromatic nitrogens is 1. The summed E-state index contributed by atoms with van der Waals surface area (Å²) < 4.78 is 8.14. The Bertz CT molecular complexity index is 1030. The number of ether oxygens (including phenoxy) is 1. The fourth-order valence-electron chi connectivity index (χ4n) is 2.69. The number of benzene rings is 3. The van der Waals surface area contributed by atoms with Gasteiger partial charge in [0.1, 0.15) is 0 Å². The summed E-state index contributed by atoms with van der Waals surface area (Å²) in [6.45, 7) is 0. The number of hydrogen-bond donors (Lipinski definition) is 1. The summed E-state index contributed by atoms with van der Waals surface area (Å²) in [6.07, 6.45) is 0. The molecule has 0 unspecified atom stereocenters. The molecule has 0 atom stereocenters. The summed E-state index contributed by atoms with van der Waals surface area (Å²) in [7, 11) is 1.72.